The highest BCUT2D eigenvalue weighted by Gasteiger charge is 2.23. The minimum absolute atomic E-state index is 0.251. The first-order valence-corrected chi connectivity index (χ1v) is 16.5. The van der Waals surface area contributed by atoms with Gasteiger partial charge in [-0.15, -0.1) is 18.7 Å². The molecule has 0 spiro atoms. The first-order valence-electron chi connectivity index (χ1n) is 16.5. The van der Waals surface area contributed by atoms with E-state index in [1.165, 1.54) is 0 Å². The van der Waals surface area contributed by atoms with Crippen molar-refractivity contribution < 1.29 is 18.8 Å². The van der Waals surface area contributed by atoms with Crippen molar-refractivity contribution in [3.8, 4) is 22.6 Å². The lowest BCUT2D eigenvalue weighted by Crippen LogP contribution is -2.38. The maximum absolute atomic E-state index is 6.64. The number of aryl methyl sites for hydroxylation is 2. The van der Waals surface area contributed by atoms with E-state index in [0.29, 0.717) is 26.3 Å². The number of nitrogens with zero attached hydrogens (tertiary/aromatic N) is 6. The van der Waals surface area contributed by atoms with Gasteiger partial charge in [0.1, 0.15) is 51.9 Å². The molecule has 238 valence electrons. The molecular formula is C40H38N6O2+2. The van der Waals surface area contributed by atoms with Gasteiger partial charge in [-0.25, -0.2) is 0 Å². The lowest BCUT2D eigenvalue weighted by Gasteiger charge is -2.19. The molecule has 0 amide bonds. The average molecular weight is 635 g/mol. The van der Waals surface area contributed by atoms with Crippen molar-refractivity contribution in [3.63, 3.8) is 0 Å². The van der Waals surface area contributed by atoms with Crippen LogP contribution in [0.25, 0.3) is 32.7 Å². The van der Waals surface area contributed by atoms with E-state index in [1.54, 1.807) is 0 Å². The fraction of sp³-hybridized carbons (Fsp3) is 0.200. The highest BCUT2D eigenvalue weighted by Crippen LogP contribution is 2.45. The third-order valence-electron chi connectivity index (χ3n) is 9.17. The smallest absolute Gasteiger partial charge is 0.177 e. The van der Waals surface area contributed by atoms with Gasteiger partial charge in [0.05, 0.1) is 22.3 Å². The summed E-state index contributed by atoms with van der Waals surface area (Å²) < 4.78 is 21.1. The zero-order valence-corrected chi connectivity index (χ0v) is 27.2. The Kier molecular flexibility index (Phi) is 7.90. The molecule has 0 atom stereocenters. The molecule has 2 aliphatic rings. The van der Waals surface area contributed by atoms with E-state index in [4.69, 9.17) is 19.9 Å². The summed E-state index contributed by atoms with van der Waals surface area (Å²) in [5, 5.41) is 13.9. The topological polar surface area (TPSA) is 61.9 Å². The highest BCUT2D eigenvalue weighted by molar-refractivity contribution is 6.09. The van der Waals surface area contributed by atoms with Crippen LogP contribution in [0.15, 0.2) is 134 Å². The summed E-state index contributed by atoms with van der Waals surface area (Å²) in [5.41, 5.74) is 4.35. The normalized spacial score (nSPS) is 14.3. The van der Waals surface area contributed by atoms with E-state index in [2.05, 4.69) is 134 Å². The van der Waals surface area contributed by atoms with Gasteiger partial charge in [-0.2, -0.15) is 0 Å². The zero-order valence-electron chi connectivity index (χ0n) is 27.2. The first-order chi connectivity index (χ1) is 23.6. The molecule has 0 unspecified atom stereocenters. The molecule has 0 saturated heterocycles. The second-order valence-corrected chi connectivity index (χ2v) is 12.3. The van der Waals surface area contributed by atoms with Crippen molar-refractivity contribution in [1.29, 1.82) is 0 Å². The molecule has 0 radical (unpaired) electrons. The fourth-order valence-electron chi connectivity index (χ4n) is 6.81. The largest absolute Gasteiger partial charge is 0.489 e. The van der Waals surface area contributed by atoms with Crippen LogP contribution in [0, 0.1) is 0 Å². The summed E-state index contributed by atoms with van der Waals surface area (Å²) in [7, 11) is 3.98. The van der Waals surface area contributed by atoms with Gasteiger partial charge in [0.15, 0.2) is 23.8 Å². The number of benzene rings is 4. The molecule has 8 heteroatoms. The number of aromatic nitrogens is 6. The Morgan fingerprint density at radius 1 is 0.562 bits per heavy atom. The van der Waals surface area contributed by atoms with Crippen LogP contribution in [-0.2, 0) is 27.2 Å². The van der Waals surface area contributed by atoms with E-state index >= 15 is 0 Å². The Balaban J connectivity index is 1.11. The van der Waals surface area contributed by atoms with E-state index in [0.717, 1.165) is 55.6 Å². The Bertz CT molecular complexity index is 2070. The molecule has 0 aliphatic heterocycles. The second kappa shape index (κ2) is 12.8. The maximum Gasteiger partial charge on any atom is 0.177 e. The van der Waals surface area contributed by atoms with Crippen molar-refractivity contribution in [2.24, 2.45) is 14.1 Å². The number of fused-ring (bicyclic) bond motifs is 2. The lowest BCUT2D eigenvalue weighted by molar-refractivity contribution is -0.755. The van der Waals surface area contributed by atoms with Gasteiger partial charge in [0.25, 0.3) is 0 Å². The van der Waals surface area contributed by atoms with Crippen LogP contribution in [0.1, 0.15) is 23.2 Å². The molecule has 0 saturated carbocycles. The molecule has 6 aromatic rings. The minimum Gasteiger partial charge on any atom is -0.489 e. The Morgan fingerprint density at radius 2 is 0.979 bits per heavy atom. The maximum atomic E-state index is 6.64. The zero-order chi connectivity index (χ0) is 32.5. The molecule has 2 heterocycles. The lowest BCUT2D eigenvalue weighted by atomic mass is 9.92. The fourth-order valence-corrected chi connectivity index (χ4v) is 6.81. The predicted octanol–water partition coefficient (Wildman–Crippen LogP) is 6.28. The van der Waals surface area contributed by atoms with E-state index in [-0.39, 0.29) is 11.8 Å². The van der Waals surface area contributed by atoms with Crippen molar-refractivity contribution in [2.45, 2.75) is 24.9 Å². The van der Waals surface area contributed by atoms with Crippen LogP contribution in [0.3, 0.4) is 0 Å². The summed E-state index contributed by atoms with van der Waals surface area (Å²) in [4.78, 5) is 0. The summed E-state index contributed by atoms with van der Waals surface area (Å²) in [5.74, 6) is 2.13. The average Bonchev–Trinajstić information content (AvgIpc) is 3.93. The molecule has 0 bridgehead atoms. The molecular weight excluding hydrogens is 596 g/mol. The standard InChI is InChI=1S/C40H38N6O2/c1-43-35(31-13-3-4-14-31)27-45(41-43)23-25-47-37-21-19-29-11-7-9-17-33(29)39(37)40-34-18-10-8-12-30(34)20-22-38(40)48-26-24-46-28-36(44(2)42-46)32-15-5-6-16-32/h3-22,27-28,31-32H,23-26H2,1-2H3/q+2. The van der Waals surface area contributed by atoms with Gasteiger partial charge < -0.3 is 9.47 Å². The predicted molar refractivity (Wildman–Crippen MR) is 187 cm³/mol. The van der Waals surface area contributed by atoms with Crippen LogP contribution in [0.2, 0.25) is 0 Å². The number of allylic oxidation sites excluding steroid dienone is 8. The Morgan fingerprint density at radius 3 is 1.42 bits per heavy atom. The van der Waals surface area contributed by atoms with Crippen molar-refractivity contribution in [3.05, 3.63) is 145 Å². The number of rotatable bonds is 11. The van der Waals surface area contributed by atoms with Gasteiger partial charge >= 0.3 is 0 Å². The van der Waals surface area contributed by atoms with Crippen LogP contribution in [0.4, 0.5) is 0 Å². The van der Waals surface area contributed by atoms with Gasteiger partial charge in [0, 0.05) is 11.1 Å². The summed E-state index contributed by atoms with van der Waals surface area (Å²) in [6, 6.07) is 25.4. The number of hydrogen-bond donors (Lipinski definition) is 0. The van der Waals surface area contributed by atoms with Crippen molar-refractivity contribution in [1.82, 2.24) is 19.8 Å². The third kappa shape index (κ3) is 5.70. The Hall–Kier alpha value is -5.76. The summed E-state index contributed by atoms with van der Waals surface area (Å²) in [6.07, 6.45) is 21.3. The molecule has 8 rings (SSSR count). The van der Waals surface area contributed by atoms with Crippen LogP contribution < -0.4 is 18.8 Å². The van der Waals surface area contributed by atoms with Crippen LogP contribution >= 0.6 is 0 Å². The molecule has 2 aromatic heterocycles. The van der Waals surface area contributed by atoms with Crippen molar-refractivity contribution in [2.75, 3.05) is 13.2 Å². The highest BCUT2D eigenvalue weighted by atomic mass is 16.5. The van der Waals surface area contributed by atoms with Gasteiger partial charge in [-0.1, -0.05) is 109 Å². The summed E-state index contributed by atoms with van der Waals surface area (Å²) in [6.45, 7) is 2.17. The van der Waals surface area contributed by atoms with Crippen LogP contribution in [0.5, 0.6) is 11.5 Å². The molecule has 2 aliphatic carbocycles. The molecule has 0 N–H and O–H groups in total. The van der Waals surface area contributed by atoms with Gasteiger partial charge in [0.2, 0.25) is 0 Å². The van der Waals surface area contributed by atoms with Gasteiger partial charge in [-0.05, 0) is 33.7 Å². The van der Waals surface area contributed by atoms with Crippen LogP contribution in [-0.4, -0.2) is 33.0 Å². The monoisotopic (exact) mass is 634 g/mol. The SMILES string of the molecule is Cn1n[n+](CCOc2ccc3ccccc3c2-c2c(OCC[n+]3cc(C4C=CC=C4)n(C)n3)ccc3ccccc23)cc1C1C=CC=C1. The number of ether oxygens (including phenoxy) is 2. The van der Waals surface area contributed by atoms with E-state index in [9.17, 15) is 0 Å². The van der Waals surface area contributed by atoms with Crippen molar-refractivity contribution >= 4 is 21.5 Å². The van der Waals surface area contributed by atoms with Gasteiger partial charge in [-0.3, -0.25) is 0 Å². The van der Waals surface area contributed by atoms with E-state index in [1.807, 2.05) is 32.8 Å². The molecule has 4 aromatic carbocycles. The molecule has 48 heavy (non-hydrogen) atoms. The molecule has 8 nitrogen and oxygen atoms in total. The third-order valence-corrected chi connectivity index (χ3v) is 9.17. The first kappa shape index (κ1) is 29.6. The van der Waals surface area contributed by atoms with E-state index < -0.39 is 0 Å². The Labute approximate surface area is 279 Å². The second-order valence-electron chi connectivity index (χ2n) is 12.3. The summed E-state index contributed by atoms with van der Waals surface area (Å²) >= 11 is 0. The quantitative estimate of drug-likeness (QED) is 0.158. The number of hydrogen-bond acceptors (Lipinski definition) is 4. The minimum atomic E-state index is 0.251. The molecule has 0 fully saturated rings.